The number of aromatic nitrogens is 3. The molecule has 2 heterocycles. The van der Waals surface area contributed by atoms with Crippen LogP contribution in [0.4, 0.5) is 5.82 Å². The minimum Gasteiger partial charge on any atom is -0.383 e. The summed E-state index contributed by atoms with van der Waals surface area (Å²) in [5.41, 5.74) is 12.4. The van der Waals surface area contributed by atoms with Gasteiger partial charge in [-0.2, -0.15) is 0 Å². The average Bonchev–Trinajstić information content (AvgIpc) is 2.30. The molecule has 0 bridgehead atoms. The van der Waals surface area contributed by atoms with Gasteiger partial charge in [-0.25, -0.2) is 15.0 Å². The molecule has 0 fully saturated rings. The van der Waals surface area contributed by atoms with Crippen LogP contribution >= 0.6 is 0 Å². The molecule has 0 saturated carbocycles. The third-order valence-electron chi connectivity index (χ3n) is 2.07. The van der Waals surface area contributed by atoms with E-state index in [4.69, 9.17) is 11.5 Å². The maximum atomic E-state index is 5.97. The summed E-state index contributed by atoms with van der Waals surface area (Å²) in [4.78, 5) is 12.1. The van der Waals surface area contributed by atoms with E-state index in [0.29, 0.717) is 11.6 Å². The van der Waals surface area contributed by atoms with Gasteiger partial charge in [0.05, 0.1) is 6.04 Å². The van der Waals surface area contributed by atoms with E-state index in [0.717, 1.165) is 5.56 Å². The molecule has 0 aliphatic carbocycles. The van der Waals surface area contributed by atoms with E-state index in [9.17, 15) is 0 Å². The first kappa shape index (κ1) is 9.54. The van der Waals surface area contributed by atoms with Crippen molar-refractivity contribution in [2.24, 2.45) is 5.73 Å². The van der Waals surface area contributed by atoms with Crippen LogP contribution in [0.1, 0.15) is 17.4 Å². The second kappa shape index (κ2) is 4.02. The Morgan fingerprint density at radius 3 is 2.33 bits per heavy atom. The van der Waals surface area contributed by atoms with Crippen LogP contribution in [-0.4, -0.2) is 15.0 Å². The first-order valence-electron chi connectivity index (χ1n) is 4.52. The largest absolute Gasteiger partial charge is 0.383 e. The van der Waals surface area contributed by atoms with E-state index in [1.807, 2.05) is 6.07 Å². The topological polar surface area (TPSA) is 90.7 Å². The van der Waals surface area contributed by atoms with Crippen molar-refractivity contribution in [3.8, 4) is 0 Å². The van der Waals surface area contributed by atoms with Gasteiger partial charge >= 0.3 is 0 Å². The number of nitrogens with zero attached hydrogens (tertiary/aromatic N) is 3. The average molecular weight is 201 g/mol. The smallest absolute Gasteiger partial charge is 0.149 e. The number of nitrogen functional groups attached to an aromatic ring is 1. The summed E-state index contributed by atoms with van der Waals surface area (Å²) in [5, 5.41) is 0. The van der Waals surface area contributed by atoms with E-state index in [2.05, 4.69) is 15.0 Å². The van der Waals surface area contributed by atoms with Crippen molar-refractivity contribution < 1.29 is 0 Å². The molecule has 1 unspecified atom stereocenters. The first-order valence-corrected chi connectivity index (χ1v) is 4.52. The lowest BCUT2D eigenvalue weighted by molar-refractivity contribution is 0.779. The van der Waals surface area contributed by atoms with Crippen molar-refractivity contribution in [2.45, 2.75) is 6.04 Å². The summed E-state index contributed by atoms with van der Waals surface area (Å²) in [7, 11) is 0. The summed E-state index contributed by atoms with van der Waals surface area (Å²) in [6, 6.07) is 4.92. The molecule has 0 aromatic carbocycles. The van der Waals surface area contributed by atoms with Crippen LogP contribution in [-0.2, 0) is 0 Å². The fraction of sp³-hybridized carbons (Fsp3) is 0.100. The number of pyridine rings is 1. The predicted octanol–water partition coefficient (Wildman–Crippen LogP) is 0.502. The van der Waals surface area contributed by atoms with Gasteiger partial charge in [-0.1, -0.05) is 6.07 Å². The molecule has 2 aromatic heterocycles. The summed E-state index contributed by atoms with van der Waals surface area (Å²) in [6.07, 6.45) is 4.92. The molecule has 4 N–H and O–H groups in total. The van der Waals surface area contributed by atoms with Crippen LogP contribution in [0.15, 0.2) is 36.8 Å². The molecule has 5 heteroatoms. The third-order valence-corrected chi connectivity index (χ3v) is 2.07. The Hall–Kier alpha value is -2.01. The zero-order valence-electron chi connectivity index (χ0n) is 8.04. The van der Waals surface area contributed by atoms with Crippen LogP contribution in [0, 0.1) is 0 Å². The van der Waals surface area contributed by atoms with Gasteiger partial charge in [0.15, 0.2) is 0 Å². The van der Waals surface area contributed by atoms with Crippen LogP contribution in [0.2, 0.25) is 0 Å². The Labute approximate surface area is 87.2 Å². The van der Waals surface area contributed by atoms with E-state index >= 15 is 0 Å². The SMILES string of the molecule is Nc1ncccc1C(N)c1ncccn1. The second-order valence-corrected chi connectivity index (χ2v) is 3.06. The molecule has 0 aliphatic heterocycles. The molecule has 15 heavy (non-hydrogen) atoms. The highest BCUT2D eigenvalue weighted by atomic mass is 14.9. The summed E-state index contributed by atoms with van der Waals surface area (Å²) < 4.78 is 0. The number of anilines is 1. The number of nitrogens with two attached hydrogens (primary N) is 2. The molecule has 1 atom stereocenters. The van der Waals surface area contributed by atoms with Crippen molar-refractivity contribution in [3.63, 3.8) is 0 Å². The standard InChI is InChI=1S/C10H11N5/c11-8(10-14-5-2-6-15-10)7-3-1-4-13-9(7)12/h1-6,8H,11H2,(H2,12,13). The molecule has 0 radical (unpaired) electrons. The maximum absolute atomic E-state index is 5.97. The summed E-state index contributed by atoms with van der Waals surface area (Å²) in [5.74, 6) is 0.953. The van der Waals surface area contributed by atoms with Gasteiger partial charge in [0, 0.05) is 24.2 Å². The number of rotatable bonds is 2. The second-order valence-electron chi connectivity index (χ2n) is 3.06. The Balaban J connectivity index is 2.37. The van der Waals surface area contributed by atoms with Crippen LogP contribution in [0.5, 0.6) is 0 Å². The van der Waals surface area contributed by atoms with E-state index in [1.54, 1.807) is 30.7 Å². The number of hydrogen-bond donors (Lipinski definition) is 2. The minimum atomic E-state index is -0.431. The maximum Gasteiger partial charge on any atom is 0.149 e. The lowest BCUT2D eigenvalue weighted by atomic mass is 10.1. The van der Waals surface area contributed by atoms with Crippen molar-refractivity contribution >= 4 is 5.82 Å². The Morgan fingerprint density at radius 2 is 1.67 bits per heavy atom. The summed E-state index contributed by atoms with van der Waals surface area (Å²) in [6.45, 7) is 0. The van der Waals surface area contributed by atoms with E-state index < -0.39 is 6.04 Å². The molecule has 76 valence electrons. The fourth-order valence-corrected chi connectivity index (χ4v) is 1.30. The zero-order chi connectivity index (χ0) is 10.7. The highest BCUT2D eigenvalue weighted by Gasteiger charge is 2.14. The van der Waals surface area contributed by atoms with Crippen molar-refractivity contribution in [1.82, 2.24) is 15.0 Å². The molecule has 2 aromatic rings. The van der Waals surface area contributed by atoms with Crippen LogP contribution < -0.4 is 11.5 Å². The van der Waals surface area contributed by atoms with Crippen molar-refractivity contribution in [2.75, 3.05) is 5.73 Å². The van der Waals surface area contributed by atoms with Gasteiger partial charge < -0.3 is 11.5 Å². The normalized spacial score (nSPS) is 12.3. The van der Waals surface area contributed by atoms with E-state index in [1.165, 1.54) is 0 Å². The summed E-state index contributed by atoms with van der Waals surface area (Å²) >= 11 is 0. The molecule has 0 amide bonds. The molecule has 0 spiro atoms. The van der Waals surface area contributed by atoms with Gasteiger partial charge in [0.2, 0.25) is 0 Å². The van der Waals surface area contributed by atoms with Crippen LogP contribution in [0.3, 0.4) is 0 Å². The van der Waals surface area contributed by atoms with Gasteiger partial charge in [-0.3, -0.25) is 0 Å². The van der Waals surface area contributed by atoms with Gasteiger partial charge in [-0.15, -0.1) is 0 Å². The van der Waals surface area contributed by atoms with Crippen molar-refractivity contribution in [3.05, 3.63) is 48.2 Å². The Morgan fingerprint density at radius 1 is 1.00 bits per heavy atom. The Bertz CT molecular complexity index is 443. The Kier molecular flexibility index (Phi) is 2.55. The van der Waals surface area contributed by atoms with Gasteiger partial charge in [0.25, 0.3) is 0 Å². The molecule has 0 aliphatic rings. The zero-order valence-corrected chi connectivity index (χ0v) is 8.04. The van der Waals surface area contributed by atoms with Crippen LogP contribution in [0.25, 0.3) is 0 Å². The third kappa shape index (κ3) is 1.92. The quantitative estimate of drug-likeness (QED) is 0.738. The lowest BCUT2D eigenvalue weighted by Gasteiger charge is -2.11. The van der Waals surface area contributed by atoms with E-state index in [-0.39, 0.29) is 0 Å². The molecular formula is C10H11N5. The predicted molar refractivity (Wildman–Crippen MR) is 56.7 cm³/mol. The monoisotopic (exact) mass is 201 g/mol. The first-order chi connectivity index (χ1) is 7.29. The minimum absolute atomic E-state index is 0.414. The number of hydrogen-bond acceptors (Lipinski definition) is 5. The lowest BCUT2D eigenvalue weighted by Crippen LogP contribution is -2.17. The highest BCUT2D eigenvalue weighted by molar-refractivity contribution is 5.42. The molecule has 5 nitrogen and oxygen atoms in total. The van der Waals surface area contributed by atoms with Crippen molar-refractivity contribution in [1.29, 1.82) is 0 Å². The van der Waals surface area contributed by atoms with Gasteiger partial charge in [0.1, 0.15) is 11.6 Å². The van der Waals surface area contributed by atoms with Gasteiger partial charge in [-0.05, 0) is 12.1 Å². The molecule has 2 rings (SSSR count). The fourth-order valence-electron chi connectivity index (χ4n) is 1.30. The highest BCUT2D eigenvalue weighted by Crippen LogP contribution is 2.19. The molecule has 0 saturated heterocycles. The molecular weight excluding hydrogens is 190 g/mol.